The number of hydrogen-bond donors (Lipinski definition) is 0. The van der Waals surface area contributed by atoms with Crippen LogP contribution in [0.25, 0.3) is 17.2 Å². The first kappa shape index (κ1) is 12.8. The van der Waals surface area contributed by atoms with E-state index in [9.17, 15) is 0 Å². The van der Waals surface area contributed by atoms with Gasteiger partial charge in [-0.05, 0) is 0 Å². The van der Waals surface area contributed by atoms with Crippen molar-refractivity contribution in [2.24, 2.45) is 0 Å². The first-order valence-corrected chi connectivity index (χ1v) is 7.20. The van der Waals surface area contributed by atoms with E-state index in [1.54, 1.807) is 5.57 Å². The van der Waals surface area contributed by atoms with Gasteiger partial charge < -0.3 is 0 Å². The molecule has 0 saturated heterocycles. The first-order chi connectivity index (χ1) is 9.31. The van der Waals surface area contributed by atoms with Crippen LogP contribution in [0.15, 0.2) is 54.1 Å². The summed E-state index contributed by atoms with van der Waals surface area (Å²) in [5.41, 5.74) is 7.20. The third-order valence-electron chi connectivity index (χ3n) is 4.12. The molecule has 19 heavy (non-hydrogen) atoms. The normalized spacial score (nSPS) is 17.2. The van der Waals surface area contributed by atoms with E-state index in [1.165, 1.54) is 35.1 Å². The van der Waals surface area contributed by atoms with Crippen LogP contribution >= 0.6 is 0 Å². The fourth-order valence-corrected chi connectivity index (χ4v) is 3.08. The van der Waals surface area contributed by atoms with Gasteiger partial charge in [0.05, 0.1) is 0 Å². The fraction of sp³-hybridized carbons (Fsp3) is 0.222. The summed E-state index contributed by atoms with van der Waals surface area (Å²) in [4.78, 5) is 0. The van der Waals surface area contributed by atoms with Gasteiger partial charge in [0.25, 0.3) is 0 Å². The molecule has 2 aromatic carbocycles. The summed E-state index contributed by atoms with van der Waals surface area (Å²) in [5.74, 6) is 0. The van der Waals surface area contributed by atoms with E-state index in [1.807, 2.05) is 0 Å². The Morgan fingerprint density at radius 1 is 1.00 bits per heavy atom. The van der Waals surface area contributed by atoms with Crippen LogP contribution in [0.5, 0.6) is 0 Å². The summed E-state index contributed by atoms with van der Waals surface area (Å²) in [5, 5.41) is 0. The molecule has 0 spiro atoms. The molecular weight excluding hydrogens is 223 g/mol. The molecule has 0 heterocycles. The summed E-state index contributed by atoms with van der Waals surface area (Å²) in [6.07, 6.45) is 4.86. The minimum absolute atomic E-state index is 0.582. The predicted molar refractivity (Wildman–Crippen MR) is 83.3 cm³/mol. The van der Waals surface area contributed by atoms with Crippen LogP contribution in [0, 0.1) is 0 Å². The molecule has 0 saturated carbocycles. The molecule has 0 radical (unpaired) electrons. The Kier molecular flexibility index (Phi) is 3.64. The molecule has 0 bridgehead atoms. The Morgan fingerprint density at radius 3 is 2.53 bits per heavy atom. The predicted octanol–water partition coefficient (Wildman–Crippen LogP) is 4.76. The van der Waals surface area contributed by atoms with Gasteiger partial charge in [-0.25, -0.2) is 0 Å². The molecule has 1 aliphatic rings. The second-order valence-electron chi connectivity index (χ2n) is 5.37. The Labute approximate surface area is 124 Å². The van der Waals surface area contributed by atoms with Gasteiger partial charge in [0, 0.05) is 0 Å². The van der Waals surface area contributed by atoms with Crippen LogP contribution in [-0.2, 0) is 0 Å². The van der Waals surface area contributed by atoms with Gasteiger partial charge >= 0.3 is 125 Å². The van der Waals surface area contributed by atoms with Gasteiger partial charge in [-0.1, -0.05) is 0 Å². The quantitative estimate of drug-likeness (QED) is 0.678. The Bertz CT molecular complexity index is 611. The summed E-state index contributed by atoms with van der Waals surface area (Å²) in [6, 6.07) is 17.4. The van der Waals surface area contributed by atoms with E-state index in [-0.39, 0.29) is 0 Å². The zero-order chi connectivity index (χ0) is 13.2. The molecule has 90 valence electrons. The molecule has 1 heteroatoms. The van der Waals surface area contributed by atoms with Gasteiger partial charge in [-0.3, -0.25) is 0 Å². The zero-order valence-corrected chi connectivity index (χ0v) is 11.7. The maximum atomic E-state index is 2.42. The topological polar surface area (TPSA) is 0 Å². The summed E-state index contributed by atoms with van der Waals surface area (Å²) < 4.78 is 0.582. The number of hydrogen-bond acceptors (Lipinski definition) is 0. The maximum absolute atomic E-state index is 2.42. The third-order valence-corrected chi connectivity index (χ3v) is 4.12. The van der Waals surface area contributed by atoms with Crippen molar-refractivity contribution in [2.75, 3.05) is 0 Å². The standard InChI is InChI=1S/C18H17.Li/c1-2-7-14-12-16-10-6-11-17(18(16)13-14)15-8-4-3-5-9-15;/h3-6,8-13H,2,7H2,1H3;. The number of rotatable bonds is 3. The zero-order valence-electron chi connectivity index (χ0n) is 11.7. The van der Waals surface area contributed by atoms with Crippen molar-refractivity contribution >= 4 is 23.8 Å². The molecule has 3 rings (SSSR count). The molecule has 1 aliphatic carbocycles. The average molecular weight is 240 g/mol. The van der Waals surface area contributed by atoms with Crippen molar-refractivity contribution in [3.05, 3.63) is 65.2 Å². The van der Waals surface area contributed by atoms with Crippen molar-refractivity contribution in [1.82, 2.24) is 0 Å². The second-order valence-corrected chi connectivity index (χ2v) is 5.37. The monoisotopic (exact) mass is 240 g/mol. The molecule has 0 N–H and O–H groups in total. The SMILES string of the molecule is [Li][CH]1C(CCC)=Cc2c(-c3ccccc3)cccc21. The van der Waals surface area contributed by atoms with Crippen molar-refractivity contribution in [1.29, 1.82) is 0 Å². The van der Waals surface area contributed by atoms with Gasteiger partial charge in [-0.15, -0.1) is 0 Å². The molecule has 2 aromatic rings. The van der Waals surface area contributed by atoms with E-state index in [2.05, 4.69) is 79.2 Å². The van der Waals surface area contributed by atoms with E-state index in [0.717, 1.165) is 0 Å². The Morgan fingerprint density at radius 2 is 1.79 bits per heavy atom. The van der Waals surface area contributed by atoms with E-state index < -0.39 is 0 Å². The molecule has 0 aromatic heterocycles. The minimum atomic E-state index is 0.582. The van der Waals surface area contributed by atoms with Crippen LogP contribution < -0.4 is 0 Å². The van der Waals surface area contributed by atoms with E-state index >= 15 is 0 Å². The van der Waals surface area contributed by atoms with Crippen LogP contribution in [0.1, 0.15) is 35.5 Å². The Balaban J connectivity index is 2.11. The van der Waals surface area contributed by atoms with Crippen molar-refractivity contribution in [3.63, 3.8) is 0 Å². The second kappa shape index (κ2) is 5.41. The van der Waals surface area contributed by atoms with Gasteiger partial charge in [-0.2, -0.15) is 0 Å². The summed E-state index contributed by atoms with van der Waals surface area (Å²) in [6.45, 7) is 2.26. The third kappa shape index (κ3) is 2.32. The van der Waals surface area contributed by atoms with Crippen LogP contribution in [0.3, 0.4) is 0 Å². The molecule has 0 amide bonds. The molecule has 1 unspecified atom stereocenters. The van der Waals surface area contributed by atoms with Gasteiger partial charge in [0.1, 0.15) is 0 Å². The number of allylic oxidation sites excluding steroid dienone is 1. The first-order valence-electron chi connectivity index (χ1n) is 7.20. The molecular formula is C18H17Li. The van der Waals surface area contributed by atoms with Crippen LogP contribution in [0.4, 0.5) is 0 Å². The molecule has 1 atom stereocenters. The van der Waals surface area contributed by atoms with Gasteiger partial charge in [0.15, 0.2) is 0 Å². The fourth-order valence-electron chi connectivity index (χ4n) is 3.08. The van der Waals surface area contributed by atoms with E-state index in [4.69, 9.17) is 0 Å². The van der Waals surface area contributed by atoms with Crippen molar-refractivity contribution < 1.29 is 0 Å². The van der Waals surface area contributed by atoms with Crippen LogP contribution in [-0.4, -0.2) is 17.7 Å². The van der Waals surface area contributed by atoms with Crippen molar-refractivity contribution in [2.45, 2.75) is 24.4 Å². The van der Waals surface area contributed by atoms with Crippen molar-refractivity contribution in [3.8, 4) is 11.1 Å². The molecule has 0 fully saturated rings. The summed E-state index contributed by atoms with van der Waals surface area (Å²) in [7, 11) is 0. The number of benzene rings is 2. The molecule has 0 aliphatic heterocycles. The number of fused-ring (bicyclic) bond motifs is 1. The molecule has 0 nitrogen and oxygen atoms in total. The van der Waals surface area contributed by atoms with Crippen LogP contribution in [0.2, 0.25) is 0 Å². The average Bonchev–Trinajstić information content (AvgIpc) is 2.77. The van der Waals surface area contributed by atoms with Gasteiger partial charge in [0.2, 0.25) is 0 Å². The van der Waals surface area contributed by atoms with E-state index in [0.29, 0.717) is 4.59 Å². The Hall–Kier alpha value is -1.22. The summed E-state index contributed by atoms with van der Waals surface area (Å²) >= 11 is 2.34.